The molecule has 9 nitrogen and oxygen atoms in total. The zero-order valence-electron chi connectivity index (χ0n) is 14.2. The summed E-state index contributed by atoms with van der Waals surface area (Å²) < 4.78 is 1.76. The Labute approximate surface area is 145 Å². The summed E-state index contributed by atoms with van der Waals surface area (Å²) in [6.45, 7) is 4.33. The Kier molecular flexibility index (Phi) is 4.55. The molecule has 2 aromatic rings. The number of aryl methyl sites for hydroxylation is 2. The predicted molar refractivity (Wildman–Crippen MR) is 93.8 cm³/mol. The number of hydrogen-bond acceptors (Lipinski definition) is 5. The Balaban J connectivity index is 1.58. The number of carbonyl (C=O) groups is 1. The SMILES string of the molecule is Cc1cc(NC(=O)N2CCN(c3cnn(C)c3)CC2)ccc1[N+](=O)[O-]. The minimum Gasteiger partial charge on any atom is -0.365 e. The van der Waals surface area contributed by atoms with Crippen molar-refractivity contribution < 1.29 is 9.72 Å². The maximum absolute atomic E-state index is 12.4. The van der Waals surface area contributed by atoms with E-state index in [2.05, 4.69) is 15.3 Å². The van der Waals surface area contributed by atoms with Gasteiger partial charge in [0, 0.05) is 56.7 Å². The van der Waals surface area contributed by atoms with Crippen molar-refractivity contribution in [2.75, 3.05) is 36.4 Å². The molecule has 0 bridgehead atoms. The zero-order chi connectivity index (χ0) is 18.0. The van der Waals surface area contributed by atoms with Crippen molar-refractivity contribution in [1.82, 2.24) is 14.7 Å². The predicted octanol–water partition coefficient (Wildman–Crippen LogP) is 1.99. The van der Waals surface area contributed by atoms with Crippen molar-refractivity contribution in [1.29, 1.82) is 0 Å². The highest BCUT2D eigenvalue weighted by Gasteiger charge is 2.22. The summed E-state index contributed by atoms with van der Waals surface area (Å²) in [6, 6.07) is 4.38. The normalized spacial score (nSPS) is 14.5. The molecule has 0 radical (unpaired) electrons. The van der Waals surface area contributed by atoms with Crippen LogP contribution in [0.15, 0.2) is 30.6 Å². The molecule has 132 valence electrons. The van der Waals surface area contributed by atoms with Crippen LogP contribution in [0.4, 0.5) is 21.9 Å². The Morgan fingerprint density at radius 2 is 2.00 bits per heavy atom. The van der Waals surface area contributed by atoms with E-state index in [0.717, 1.165) is 18.8 Å². The lowest BCUT2D eigenvalue weighted by Crippen LogP contribution is -2.50. The number of nitrogens with one attached hydrogen (secondary N) is 1. The molecule has 1 saturated heterocycles. The van der Waals surface area contributed by atoms with E-state index in [1.165, 1.54) is 6.07 Å². The van der Waals surface area contributed by atoms with Gasteiger partial charge in [0.1, 0.15) is 0 Å². The van der Waals surface area contributed by atoms with Gasteiger partial charge in [0.05, 0.1) is 16.8 Å². The zero-order valence-corrected chi connectivity index (χ0v) is 14.2. The van der Waals surface area contributed by atoms with Gasteiger partial charge in [0.25, 0.3) is 5.69 Å². The van der Waals surface area contributed by atoms with Gasteiger partial charge in [-0.2, -0.15) is 5.10 Å². The first-order chi connectivity index (χ1) is 11.9. The second kappa shape index (κ2) is 6.80. The number of benzene rings is 1. The molecule has 25 heavy (non-hydrogen) atoms. The van der Waals surface area contributed by atoms with Crippen molar-refractivity contribution in [3.8, 4) is 0 Å². The third-order valence-electron chi connectivity index (χ3n) is 4.27. The molecule has 9 heteroatoms. The maximum Gasteiger partial charge on any atom is 0.321 e. The van der Waals surface area contributed by atoms with Gasteiger partial charge in [0.2, 0.25) is 0 Å². The van der Waals surface area contributed by atoms with Crippen molar-refractivity contribution in [3.05, 3.63) is 46.3 Å². The Bertz CT molecular complexity index is 795. The number of nitrogens with zero attached hydrogens (tertiary/aromatic N) is 5. The highest BCUT2D eigenvalue weighted by atomic mass is 16.6. The Hall–Kier alpha value is -3.10. The summed E-state index contributed by atoms with van der Waals surface area (Å²) in [4.78, 5) is 26.7. The van der Waals surface area contributed by atoms with Gasteiger partial charge in [-0.15, -0.1) is 0 Å². The maximum atomic E-state index is 12.4. The lowest BCUT2D eigenvalue weighted by molar-refractivity contribution is -0.385. The Morgan fingerprint density at radius 3 is 2.56 bits per heavy atom. The third kappa shape index (κ3) is 3.70. The van der Waals surface area contributed by atoms with Gasteiger partial charge in [-0.05, 0) is 19.1 Å². The summed E-state index contributed by atoms with van der Waals surface area (Å²) in [5.74, 6) is 0. The van der Waals surface area contributed by atoms with Crippen LogP contribution in [0.5, 0.6) is 0 Å². The first kappa shape index (κ1) is 16.7. The van der Waals surface area contributed by atoms with E-state index in [9.17, 15) is 14.9 Å². The fraction of sp³-hybridized carbons (Fsp3) is 0.375. The van der Waals surface area contributed by atoms with Crippen LogP contribution in [0, 0.1) is 17.0 Å². The van der Waals surface area contributed by atoms with Gasteiger partial charge in [0.15, 0.2) is 0 Å². The van der Waals surface area contributed by atoms with Gasteiger partial charge >= 0.3 is 6.03 Å². The van der Waals surface area contributed by atoms with E-state index in [-0.39, 0.29) is 11.7 Å². The Morgan fingerprint density at radius 1 is 1.28 bits per heavy atom. The van der Waals surface area contributed by atoms with E-state index >= 15 is 0 Å². The van der Waals surface area contributed by atoms with E-state index in [4.69, 9.17) is 0 Å². The quantitative estimate of drug-likeness (QED) is 0.678. The van der Waals surface area contributed by atoms with Crippen molar-refractivity contribution in [2.45, 2.75) is 6.92 Å². The second-order valence-electron chi connectivity index (χ2n) is 6.03. The van der Waals surface area contributed by atoms with Crippen molar-refractivity contribution in [2.24, 2.45) is 7.05 Å². The van der Waals surface area contributed by atoms with Crippen LogP contribution in [0.2, 0.25) is 0 Å². The van der Waals surface area contributed by atoms with E-state index in [1.54, 1.807) is 28.6 Å². The summed E-state index contributed by atoms with van der Waals surface area (Å²) in [6.07, 6.45) is 3.77. The average molecular weight is 344 g/mol. The topological polar surface area (TPSA) is 96.5 Å². The molecular formula is C16H20N6O3. The minimum absolute atomic E-state index is 0.0445. The van der Waals surface area contributed by atoms with Gasteiger partial charge < -0.3 is 15.1 Å². The molecule has 0 spiro atoms. The van der Waals surface area contributed by atoms with Gasteiger partial charge in [-0.1, -0.05) is 0 Å². The molecule has 2 amide bonds. The molecule has 1 aliphatic rings. The average Bonchev–Trinajstić information content (AvgIpc) is 3.01. The number of carbonyl (C=O) groups excluding carboxylic acids is 1. The molecule has 1 aliphatic heterocycles. The molecule has 1 aromatic carbocycles. The molecule has 1 aromatic heterocycles. The highest BCUT2D eigenvalue weighted by molar-refractivity contribution is 5.89. The summed E-state index contributed by atoms with van der Waals surface area (Å²) in [7, 11) is 1.87. The van der Waals surface area contributed by atoms with Crippen LogP contribution in [0.3, 0.4) is 0 Å². The summed E-state index contributed by atoms with van der Waals surface area (Å²) >= 11 is 0. The second-order valence-corrected chi connectivity index (χ2v) is 6.03. The van der Waals surface area contributed by atoms with Crippen LogP contribution < -0.4 is 10.2 Å². The van der Waals surface area contributed by atoms with Crippen LogP contribution in [-0.2, 0) is 7.05 Å². The van der Waals surface area contributed by atoms with Crippen molar-refractivity contribution >= 4 is 23.1 Å². The number of anilines is 2. The smallest absolute Gasteiger partial charge is 0.321 e. The van der Waals surface area contributed by atoms with Gasteiger partial charge in [-0.25, -0.2) is 4.79 Å². The number of hydrogen-bond donors (Lipinski definition) is 1. The van der Waals surface area contributed by atoms with Crippen LogP contribution in [0.1, 0.15) is 5.56 Å². The fourth-order valence-corrected chi connectivity index (χ4v) is 2.88. The number of nitro benzene ring substituents is 1. The molecule has 2 heterocycles. The first-order valence-electron chi connectivity index (χ1n) is 7.98. The number of urea groups is 1. The summed E-state index contributed by atoms with van der Waals surface area (Å²) in [5, 5.41) is 17.8. The number of piperazine rings is 1. The molecule has 0 saturated carbocycles. The summed E-state index contributed by atoms with van der Waals surface area (Å²) in [5.41, 5.74) is 2.17. The molecule has 0 unspecified atom stereocenters. The molecule has 3 rings (SSSR count). The molecule has 0 aliphatic carbocycles. The first-order valence-corrected chi connectivity index (χ1v) is 7.98. The minimum atomic E-state index is -0.432. The highest BCUT2D eigenvalue weighted by Crippen LogP contribution is 2.22. The van der Waals surface area contributed by atoms with Crippen LogP contribution >= 0.6 is 0 Å². The number of aromatic nitrogens is 2. The third-order valence-corrected chi connectivity index (χ3v) is 4.27. The van der Waals surface area contributed by atoms with E-state index < -0.39 is 4.92 Å². The van der Waals surface area contributed by atoms with Gasteiger partial charge in [-0.3, -0.25) is 14.8 Å². The number of amides is 2. The van der Waals surface area contributed by atoms with Crippen molar-refractivity contribution in [3.63, 3.8) is 0 Å². The largest absolute Gasteiger partial charge is 0.365 e. The lowest BCUT2D eigenvalue weighted by Gasteiger charge is -2.35. The van der Waals surface area contributed by atoms with Crippen LogP contribution in [-0.4, -0.2) is 51.8 Å². The van der Waals surface area contributed by atoms with E-state index in [0.29, 0.717) is 24.3 Å². The molecular weight excluding hydrogens is 324 g/mol. The molecule has 0 atom stereocenters. The number of nitro groups is 1. The monoisotopic (exact) mass is 344 g/mol. The molecule has 1 fully saturated rings. The van der Waals surface area contributed by atoms with Crippen LogP contribution in [0.25, 0.3) is 0 Å². The molecule has 1 N–H and O–H groups in total. The fourth-order valence-electron chi connectivity index (χ4n) is 2.88. The number of rotatable bonds is 3. The standard InChI is InChI=1S/C16H20N6O3/c1-12-9-13(3-4-15(12)22(24)25)18-16(23)21-7-5-20(6-8-21)14-10-17-19(2)11-14/h3-4,9-11H,5-8H2,1-2H3,(H,18,23). The van der Waals surface area contributed by atoms with E-state index in [1.807, 2.05) is 19.4 Å². The lowest BCUT2D eigenvalue weighted by atomic mass is 10.2.